The minimum atomic E-state index is -1.91. The van der Waals surface area contributed by atoms with E-state index in [0.29, 0.717) is 23.1 Å². The number of hydrogen-bond donors (Lipinski definition) is 4. The molecular formula is C30H25NO9. The van der Waals surface area contributed by atoms with Gasteiger partial charge in [-0.05, 0) is 42.7 Å². The SMILES string of the molecule is CCCCCc1cc2cc3c(c(O)c2c(=O)[nH]1)C1(CC3)C(O)=c2c(=O)c3c(=O)cc(OC)c(=O)c=3c(=O)c2=C1O. The molecule has 0 amide bonds. The molecule has 4 N–H and O–H groups in total. The van der Waals surface area contributed by atoms with Crippen LogP contribution >= 0.6 is 0 Å². The number of rotatable bonds is 5. The highest BCUT2D eigenvalue weighted by Crippen LogP contribution is 2.54. The number of H-pyrrole nitrogens is 1. The Kier molecular flexibility index (Phi) is 5.52. The minimum absolute atomic E-state index is 0.000522. The maximum absolute atomic E-state index is 13.6. The summed E-state index contributed by atoms with van der Waals surface area (Å²) in [7, 11) is 1.13. The Balaban J connectivity index is 1.71. The van der Waals surface area contributed by atoms with Crippen molar-refractivity contribution in [1.29, 1.82) is 0 Å². The van der Waals surface area contributed by atoms with E-state index in [1.54, 1.807) is 12.1 Å². The summed E-state index contributed by atoms with van der Waals surface area (Å²) < 4.78 is 4.90. The third kappa shape index (κ3) is 3.07. The van der Waals surface area contributed by atoms with Crippen molar-refractivity contribution >= 4 is 22.3 Å². The monoisotopic (exact) mass is 543 g/mol. The highest BCUT2D eigenvalue weighted by atomic mass is 16.5. The summed E-state index contributed by atoms with van der Waals surface area (Å²) in [5.41, 5.74) is -5.35. The second-order valence-corrected chi connectivity index (χ2v) is 10.5. The van der Waals surface area contributed by atoms with Gasteiger partial charge < -0.3 is 25.0 Å². The van der Waals surface area contributed by atoms with Crippen LogP contribution in [0, 0.1) is 10.4 Å². The van der Waals surface area contributed by atoms with Crippen molar-refractivity contribution in [3.63, 3.8) is 0 Å². The van der Waals surface area contributed by atoms with Crippen LogP contribution in [0.25, 0.3) is 22.3 Å². The van der Waals surface area contributed by atoms with E-state index < -0.39 is 76.6 Å². The van der Waals surface area contributed by atoms with E-state index in [4.69, 9.17) is 4.74 Å². The molecule has 1 unspecified atom stereocenters. The molecule has 6 rings (SSSR count). The van der Waals surface area contributed by atoms with Crippen molar-refractivity contribution in [2.45, 2.75) is 50.9 Å². The number of phenolic OH excluding ortho intramolecular Hbond substituents is 1. The van der Waals surface area contributed by atoms with Crippen molar-refractivity contribution in [2.24, 2.45) is 0 Å². The average Bonchev–Trinajstić information content (AvgIpc) is 3.40. The van der Waals surface area contributed by atoms with Gasteiger partial charge >= 0.3 is 0 Å². The lowest BCUT2D eigenvalue weighted by Crippen LogP contribution is -2.51. The molecule has 1 heterocycles. The number of aryl methyl sites for hydroxylation is 2. The van der Waals surface area contributed by atoms with Gasteiger partial charge in [-0.1, -0.05) is 25.8 Å². The highest BCUT2D eigenvalue weighted by Gasteiger charge is 2.53. The van der Waals surface area contributed by atoms with Crippen molar-refractivity contribution in [2.75, 3.05) is 7.11 Å². The number of aromatic hydroxyl groups is 1. The smallest absolute Gasteiger partial charge is 0.259 e. The largest absolute Gasteiger partial charge is 0.510 e. The first-order chi connectivity index (χ1) is 19.1. The number of fused-ring (bicyclic) bond motifs is 4. The van der Waals surface area contributed by atoms with E-state index in [1.807, 2.05) is 0 Å². The van der Waals surface area contributed by atoms with E-state index in [2.05, 4.69) is 11.9 Å². The van der Waals surface area contributed by atoms with Crippen LogP contribution in [0.15, 0.2) is 42.2 Å². The summed E-state index contributed by atoms with van der Waals surface area (Å²) in [6, 6.07) is 4.28. The Labute approximate surface area is 224 Å². The molecule has 0 bridgehead atoms. The molecule has 40 heavy (non-hydrogen) atoms. The number of ether oxygens (including phenoxy) is 1. The number of aromatic nitrogens is 1. The number of aromatic amines is 1. The minimum Gasteiger partial charge on any atom is -0.510 e. The van der Waals surface area contributed by atoms with Crippen molar-refractivity contribution in [1.82, 2.24) is 4.98 Å². The van der Waals surface area contributed by atoms with E-state index in [9.17, 15) is 39.3 Å². The van der Waals surface area contributed by atoms with Gasteiger partial charge in [-0.3, -0.25) is 24.0 Å². The lowest BCUT2D eigenvalue weighted by molar-refractivity contribution is 0.362. The topological polar surface area (TPSA) is 171 Å². The van der Waals surface area contributed by atoms with Crippen LogP contribution in [0.5, 0.6) is 11.5 Å². The van der Waals surface area contributed by atoms with Gasteiger partial charge in [-0.2, -0.15) is 0 Å². The van der Waals surface area contributed by atoms with Crippen LogP contribution in [-0.2, 0) is 18.3 Å². The van der Waals surface area contributed by atoms with Gasteiger partial charge in [-0.15, -0.1) is 0 Å². The lowest BCUT2D eigenvalue weighted by Gasteiger charge is -2.27. The molecule has 0 fully saturated rings. The number of hydrogen-bond acceptors (Lipinski definition) is 9. The Morgan fingerprint density at radius 1 is 0.875 bits per heavy atom. The van der Waals surface area contributed by atoms with Gasteiger partial charge in [0, 0.05) is 17.3 Å². The first kappa shape index (κ1) is 25.5. The zero-order chi connectivity index (χ0) is 28.7. The predicted octanol–water partition coefficient (Wildman–Crippen LogP) is 0.246. The fourth-order valence-corrected chi connectivity index (χ4v) is 6.50. The van der Waals surface area contributed by atoms with Crippen LogP contribution < -0.4 is 42.4 Å². The lowest BCUT2D eigenvalue weighted by atomic mass is 9.78. The molecule has 1 aromatic heterocycles. The molecule has 10 heteroatoms. The summed E-state index contributed by atoms with van der Waals surface area (Å²) in [5.74, 6) is -2.36. The van der Waals surface area contributed by atoms with Gasteiger partial charge in [0.05, 0.1) is 33.4 Å². The van der Waals surface area contributed by atoms with Gasteiger partial charge in [0.25, 0.3) is 5.56 Å². The molecule has 2 aromatic rings. The average molecular weight is 544 g/mol. The predicted molar refractivity (Wildman–Crippen MR) is 147 cm³/mol. The normalized spacial score (nSPS) is 17.8. The second-order valence-electron chi connectivity index (χ2n) is 10.5. The second kappa shape index (κ2) is 8.64. The first-order valence-corrected chi connectivity index (χ1v) is 13.1. The van der Waals surface area contributed by atoms with Crippen LogP contribution in [0.1, 0.15) is 49.4 Å². The molecule has 1 aromatic carbocycles. The standard InChI is InChI=1S/C30H25NO9/c1-3-4-5-6-14-10-13-9-12-7-8-30(22(12)26(36)17(13)29(39)31-14)27(37)20-21(28(30)38)25(35)19-18(24(20)34)15(32)11-16(40-2)23(19)33/h9-11,36-38H,3-8H2,1-2H3,(H,31,39). The van der Waals surface area contributed by atoms with Gasteiger partial charge in [0.15, 0.2) is 11.2 Å². The molecule has 0 saturated carbocycles. The third-order valence-electron chi connectivity index (χ3n) is 8.36. The third-order valence-corrected chi connectivity index (χ3v) is 8.36. The number of benzene rings is 1. The molecule has 4 aliphatic carbocycles. The van der Waals surface area contributed by atoms with E-state index >= 15 is 0 Å². The molecule has 204 valence electrons. The summed E-state index contributed by atoms with van der Waals surface area (Å²) in [6.07, 6.45) is 3.74. The van der Waals surface area contributed by atoms with Gasteiger partial charge in [0.1, 0.15) is 22.7 Å². The molecule has 4 aliphatic rings. The van der Waals surface area contributed by atoms with Crippen LogP contribution in [0.4, 0.5) is 0 Å². The molecule has 1 spiro atoms. The summed E-state index contributed by atoms with van der Waals surface area (Å²) in [6.45, 7) is 2.07. The number of unbranched alkanes of at least 4 members (excludes halogenated alkanes) is 2. The quantitative estimate of drug-likeness (QED) is 0.258. The molecule has 0 aliphatic heterocycles. The van der Waals surface area contributed by atoms with Gasteiger partial charge in [0.2, 0.25) is 16.3 Å². The zero-order valence-corrected chi connectivity index (χ0v) is 21.8. The Morgan fingerprint density at radius 2 is 1.55 bits per heavy atom. The van der Waals surface area contributed by atoms with E-state index in [0.717, 1.165) is 32.4 Å². The maximum atomic E-state index is 13.6. The molecule has 10 nitrogen and oxygen atoms in total. The van der Waals surface area contributed by atoms with E-state index in [1.165, 1.54) is 0 Å². The maximum Gasteiger partial charge on any atom is 0.259 e. The van der Waals surface area contributed by atoms with E-state index in [-0.39, 0.29) is 23.8 Å². The molecular weight excluding hydrogens is 518 g/mol. The highest BCUT2D eigenvalue weighted by molar-refractivity contribution is 5.94. The summed E-state index contributed by atoms with van der Waals surface area (Å²) >= 11 is 0. The number of phenols is 1. The number of nitrogens with one attached hydrogen (secondary N) is 1. The fourth-order valence-electron chi connectivity index (χ4n) is 6.50. The summed E-state index contributed by atoms with van der Waals surface area (Å²) in [4.78, 5) is 68.6. The van der Waals surface area contributed by atoms with Crippen molar-refractivity contribution in [3.05, 3.63) is 107 Å². The zero-order valence-electron chi connectivity index (χ0n) is 21.8. The number of aliphatic hydroxyl groups is 2. The Bertz CT molecular complexity index is 2260. The Hall–Kier alpha value is -4.73. The molecule has 0 radical (unpaired) electrons. The fraction of sp³-hybridized carbons (Fsp3) is 0.300. The van der Waals surface area contributed by atoms with Crippen molar-refractivity contribution < 1.29 is 20.1 Å². The summed E-state index contributed by atoms with van der Waals surface area (Å²) in [5, 5.41) is 32.2. The number of aliphatic hydroxyl groups excluding tert-OH is 2. The molecule has 1 atom stereocenters. The van der Waals surface area contributed by atoms with Crippen molar-refractivity contribution in [3.8, 4) is 11.5 Å². The first-order valence-electron chi connectivity index (χ1n) is 13.1. The Morgan fingerprint density at radius 3 is 2.20 bits per heavy atom. The number of pyridine rings is 1. The number of methoxy groups -OCH3 is 1. The van der Waals surface area contributed by atoms with Gasteiger partial charge in [-0.25, -0.2) is 0 Å². The molecule has 0 saturated heterocycles. The van der Waals surface area contributed by atoms with Crippen LogP contribution in [0.3, 0.4) is 0 Å². The van der Waals surface area contributed by atoms with Crippen LogP contribution in [-0.4, -0.2) is 27.4 Å². The van der Waals surface area contributed by atoms with Crippen LogP contribution in [0.2, 0.25) is 0 Å².